The molecule has 40 heteroatoms. The van der Waals surface area contributed by atoms with Crippen LogP contribution in [0, 0.1) is 0 Å². The fourth-order valence-corrected chi connectivity index (χ4v) is 17.0. The number of aliphatic imine (C=N–C) groups is 1. The van der Waals surface area contributed by atoms with Gasteiger partial charge in [-0.15, -0.1) is 0 Å². The predicted molar refractivity (Wildman–Crippen MR) is 418 cm³/mol. The SMILES string of the molecule is C.C=C1N[C@@]2(CCOc3ccc(CC(=O)c4ccc(Cl)cn4)cc32)CS(=O)(=O)C1(C)C.C=C1N[C@@]2(CCOc3ccc(N)cc32)CS(=O)(=O)C1(C)C.CC1(C)C(N)=N[C@@]2(CCOc3ccc(CC(=O)c4ccc(Cl)cn4)cc32)CS1(=O)=O.[B]B([B])B([B])B([B])[B].[B][B]B(B([B])[B])B([B])[B]. The number of nitrogens with zero attached hydrogens (tertiary/aromatic N) is 3. The lowest BCUT2D eigenvalue weighted by molar-refractivity contribution is 0.0980. The minimum absolute atomic E-state index is 0. The number of ketones is 2. The van der Waals surface area contributed by atoms with Crippen LogP contribution < -0.4 is 36.3 Å². The first-order valence-corrected chi connectivity index (χ1v) is 36.8. The van der Waals surface area contributed by atoms with E-state index in [-0.39, 0.29) is 61.3 Å². The summed E-state index contributed by atoms with van der Waals surface area (Å²) in [5.41, 5.74) is 15.3. The van der Waals surface area contributed by atoms with E-state index in [1.165, 1.54) is 19.5 Å². The van der Waals surface area contributed by atoms with Crippen molar-refractivity contribution < 1.29 is 49.1 Å². The van der Waals surface area contributed by atoms with Gasteiger partial charge in [0.15, 0.2) is 41.1 Å². The van der Waals surface area contributed by atoms with E-state index in [4.69, 9.17) is 126 Å². The molecular formula is C59H69B17Cl2N7O11S3. The fourth-order valence-electron chi connectivity index (χ4n) is 11.4. The lowest BCUT2D eigenvalue weighted by Crippen LogP contribution is -2.61. The van der Waals surface area contributed by atoms with Crippen LogP contribution in [0.4, 0.5) is 5.69 Å². The van der Waals surface area contributed by atoms with Gasteiger partial charge in [0, 0.05) is 201 Å². The fraction of sp³-hybridized carbons (Fsp3) is 0.407. The van der Waals surface area contributed by atoms with Gasteiger partial charge < -0.3 is 36.3 Å². The molecule has 6 aliphatic heterocycles. The summed E-state index contributed by atoms with van der Waals surface area (Å²) < 4.78 is 91.5. The number of aromatic nitrogens is 2. The lowest BCUT2D eigenvalue weighted by atomic mass is 8.64. The van der Waals surface area contributed by atoms with Gasteiger partial charge in [-0.2, -0.15) is 0 Å². The Morgan fingerprint density at radius 1 is 0.556 bits per heavy atom. The molecule has 0 aliphatic carbocycles. The Morgan fingerprint density at radius 2 is 0.939 bits per heavy atom. The molecule has 6 N–H and O–H groups in total. The number of sulfone groups is 3. The number of carbonyl (C=O) groups is 2. The zero-order valence-corrected chi connectivity index (χ0v) is 59.6. The number of nitrogens with one attached hydrogen (secondary N) is 2. The maximum absolute atomic E-state index is 13.1. The Kier molecular flexibility index (Phi) is 26.7. The summed E-state index contributed by atoms with van der Waals surface area (Å²) in [4.78, 5) is 38.1. The molecule has 8 heterocycles. The van der Waals surface area contributed by atoms with Crippen LogP contribution in [0.15, 0.2) is 121 Å². The Bertz CT molecular complexity index is 4190. The van der Waals surface area contributed by atoms with Crippen LogP contribution in [-0.2, 0) is 59.0 Å². The summed E-state index contributed by atoms with van der Waals surface area (Å²) in [6, 6.07) is 22.6. The van der Waals surface area contributed by atoms with Crippen LogP contribution >= 0.6 is 23.2 Å². The molecule has 3 spiro atoms. The molecule has 18 nitrogen and oxygen atoms in total. The molecule has 0 unspecified atom stereocenters. The van der Waals surface area contributed by atoms with Crippen molar-refractivity contribution in [2.45, 2.75) is 112 Å². The first-order valence-electron chi connectivity index (χ1n) is 31.1. The summed E-state index contributed by atoms with van der Waals surface area (Å²) >= 11 is 11.7. The lowest BCUT2D eigenvalue weighted by Gasteiger charge is -2.48. The highest BCUT2D eigenvalue weighted by atomic mass is 35.5. The average Bonchev–Trinajstić information content (AvgIpc) is 0.738. The smallest absolute Gasteiger partial charge is 0.185 e. The van der Waals surface area contributed by atoms with E-state index in [0.717, 1.165) is 22.3 Å². The van der Waals surface area contributed by atoms with Crippen LogP contribution in [0.1, 0.15) is 117 Å². The molecule has 0 bridgehead atoms. The number of carbonyl (C=O) groups excluding carboxylic acids is 2. The van der Waals surface area contributed by atoms with Crippen molar-refractivity contribution in [2.24, 2.45) is 10.7 Å². The van der Waals surface area contributed by atoms with E-state index < -0.39 is 92.3 Å². The van der Waals surface area contributed by atoms with Crippen LogP contribution in [0.25, 0.3) is 0 Å². The molecule has 2 aromatic heterocycles. The first-order chi connectivity index (χ1) is 45.4. The van der Waals surface area contributed by atoms with Gasteiger partial charge in [0.1, 0.15) is 54.3 Å². The van der Waals surface area contributed by atoms with Crippen LogP contribution in [0.2, 0.25) is 10.0 Å². The molecule has 0 saturated carbocycles. The molecule has 2 saturated heterocycles. The maximum Gasteiger partial charge on any atom is 0.185 e. The van der Waals surface area contributed by atoms with Gasteiger partial charge in [0.2, 0.25) is 0 Å². The second-order valence-electron chi connectivity index (χ2n) is 26.5. The van der Waals surface area contributed by atoms with E-state index in [1.54, 1.807) is 108 Å². The Labute approximate surface area is 611 Å². The first kappa shape index (κ1) is 82.5. The number of pyridine rings is 2. The van der Waals surface area contributed by atoms with Crippen molar-refractivity contribution in [1.82, 2.24) is 20.6 Å². The van der Waals surface area contributed by atoms with Gasteiger partial charge in [-0.1, -0.05) is 55.9 Å². The van der Waals surface area contributed by atoms with Gasteiger partial charge in [-0.25, -0.2) is 25.3 Å². The molecule has 5 aromatic rings. The number of Topliss-reactive ketones (excluding diaryl/α,β-unsaturated/α-hetero) is 2. The second-order valence-corrected chi connectivity index (χ2v) is 35.0. The Morgan fingerprint density at radius 3 is 1.29 bits per heavy atom. The third-order valence-electron chi connectivity index (χ3n) is 18.5. The number of amidine groups is 1. The van der Waals surface area contributed by atoms with E-state index in [1.807, 2.05) is 12.1 Å². The van der Waals surface area contributed by atoms with Crippen molar-refractivity contribution in [1.29, 1.82) is 0 Å². The molecule has 11 rings (SSSR count). The molecule has 3 atom stereocenters. The van der Waals surface area contributed by atoms with Crippen molar-refractivity contribution >= 4 is 199 Å². The van der Waals surface area contributed by atoms with E-state index >= 15 is 0 Å². The van der Waals surface area contributed by atoms with Gasteiger partial charge >= 0.3 is 0 Å². The number of nitrogen functional groups attached to an aromatic ring is 1. The minimum atomic E-state index is -3.54. The summed E-state index contributed by atoms with van der Waals surface area (Å²) in [5.74, 6) is 1.46. The number of nitrogens with two attached hydrogens (primary N) is 2. The zero-order valence-electron chi connectivity index (χ0n) is 55.6. The van der Waals surface area contributed by atoms with Gasteiger partial charge in [-0.3, -0.25) is 24.5 Å². The molecule has 3 aromatic carbocycles. The molecule has 2 fully saturated rings. The Balaban J connectivity index is 0.000000211. The van der Waals surface area contributed by atoms with Gasteiger partial charge in [-0.05, 0) is 119 Å². The van der Waals surface area contributed by atoms with Crippen LogP contribution in [-0.4, -0.2) is 227 Å². The number of ether oxygens (including phenoxy) is 3. The minimum Gasteiger partial charge on any atom is -0.493 e. The number of anilines is 1. The predicted octanol–water partition coefficient (Wildman–Crippen LogP) is 1.87. The highest BCUT2D eigenvalue weighted by molar-refractivity contribution is 7.95. The van der Waals surface area contributed by atoms with Crippen molar-refractivity contribution in [3.63, 3.8) is 0 Å². The van der Waals surface area contributed by atoms with Crippen molar-refractivity contribution in [2.75, 3.05) is 42.8 Å². The monoisotopic (exact) mass is 1400 g/mol. The number of hydrogen-bond acceptors (Lipinski definition) is 18. The third-order valence-corrected chi connectivity index (χ3v) is 27.0. The van der Waals surface area contributed by atoms with E-state index in [0.29, 0.717) is 100 Å². The number of fused-ring (bicyclic) bond motifs is 6. The topological polar surface area (TPSA) is 278 Å². The van der Waals surface area contributed by atoms with Gasteiger partial charge in [0.05, 0.1) is 58.2 Å². The summed E-state index contributed by atoms with van der Waals surface area (Å²) in [6.07, 6.45) is 1.32. The normalized spacial score (nSPS) is 22.1. The molecular weight excluding hydrogens is 1330 g/mol. The molecule has 489 valence electrons. The quantitative estimate of drug-likeness (QED) is 0.0835. The molecule has 0 amide bonds. The molecule has 99 heavy (non-hydrogen) atoms. The number of benzene rings is 3. The molecule has 6 aliphatic rings. The maximum atomic E-state index is 13.1. The summed E-state index contributed by atoms with van der Waals surface area (Å²) in [5, 5.41) is 7.66. The highest BCUT2D eigenvalue weighted by Crippen LogP contribution is 2.49. The van der Waals surface area contributed by atoms with Crippen LogP contribution in [0.5, 0.6) is 17.2 Å². The van der Waals surface area contributed by atoms with Crippen molar-refractivity contribution in [3.8, 4) is 17.2 Å². The largest absolute Gasteiger partial charge is 0.493 e. The zero-order chi connectivity index (χ0) is 73.1. The molecule has 21 radical (unpaired) electrons. The standard InChI is InChI=1S/C22H23ClN2O4S.C21H22ClN3O4S.C15H20N2O3S.CH4.B9.B8/c1-14-21(2,3)30(27,28)13-22(25-14)8-9-29-20-7-4-15(10-17(20)22)11-19(26)18-6-5-16(23)12-24-18;1-20(2)19(23)25-21(12-30(20,27)28)7-8-29-18-6-3-13(9-15(18)21)10-17(26)16-5-4-14(22)11-24-16;1-10-14(2,3)21(18,19)9-15(17-10)6-7-20-13-5-4-11(16)8-12(13)15;;1-6-9(7(2)3)8(4)5;1-6(2)8(5)7(3)4/h4-7,10,12,25H,1,8-9,11,13H2,2-3H3;3-6,9,11H,7-8,10,12H2,1-2H3,(H2,23,25);4-5,8,17H,1,6-7,9,16H2,2-3H3;1H4;;/t22-;21-;15-;;;/m000.../s1. The summed E-state index contributed by atoms with van der Waals surface area (Å²) in [6.45, 7) is 19.0. The second kappa shape index (κ2) is 32.1. The Hall–Kier alpha value is -5.42. The van der Waals surface area contributed by atoms with Gasteiger partial charge in [0.25, 0.3) is 0 Å². The average molecular weight is 1400 g/mol. The van der Waals surface area contributed by atoms with Crippen LogP contribution in [0.3, 0.4) is 0 Å². The summed E-state index contributed by atoms with van der Waals surface area (Å²) in [7, 11) is 42.9. The highest BCUT2D eigenvalue weighted by Gasteiger charge is 2.56. The number of hydrogen-bond donors (Lipinski definition) is 4. The van der Waals surface area contributed by atoms with E-state index in [2.05, 4.69) is 38.8 Å². The van der Waals surface area contributed by atoms with E-state index in [9.17, 15) is 34.8 Å². The van der Waals surface area contributed by atoms with Crippen molar-refractivity contribution in [3.05, 3.63) is 165 Å². The number of halogens is 2. The third kappa shape index (κ3) is 18.2. The number of rotatable bonds is 11.